The molecular weight excluding hydrogens is 1610 g/mol. The fraction of sp³-hybridized carbons (Fsp3) is 0.819. The predicted octanol–water partition coefficient (Wildman–Crippen LogP) is -10.8. The van der Waals surface area contributed by atoms with Crippen molar-refractivity contribution in [3.63, 3.8) is 0 Å². The molecule has 0 spiro atoms. The lowest BCUT2D eigenvalue weighted by Crippen LogP contribution is -2.64. The second kappa shape index (κ2) is 52.7. The summed E-state index contributed by atoms with van der Waals surface area (Å²) in [5.41, 5.74) is 8.71. The molecule has 0 unspecified atom stereocenters. The molecule has 0 bridgehead atoms. The van der Waals surface area contributed by atoms with Gasteiger partial charge in [0, 0.05) is 91.8 Å². The van der Waals surface area contributed by atoms with E-state index in [0.29, 0.717) is 81.9 Å². The van der Waals surface area contributed by atoms with Crippen molar-refractivity contribution in [1.82, 2.24) is 97.3 Å². The third-order valence-corrected chi connectivity index (χ3v) is 20.2. The number of nitrogens with zero attached hydrogens (tertiary/aromatic N) is 12. The Balaban J connectivity index is 0.943. The van der Waals surface area contributed by atoms with Gasteiger partial charge >= 0.3 is 0 Å². The van der Waals surface area contributed by atoms with E-state index in [9.17, 15) is 90.4 Å². The van der Waals surface area contributed by atoms with Crippen molar-refractivity contribution >= 4 is 29.5 Å². The van der Waals surface area contributed by atoms with E-state index in [-0.39, 0.29) is 125 Å². The summed E-state index contributed by atoms with van der Waals surface area (Å²) in [6, 6.07) is -5.32. The van der Waals surface area contributed by atoms with Crippen LogP contribution in [0.1, 0.15) is 89.7 Å². The van der Waals surface area contributed by atoms with Crippen LogP contribution in [0, 0.1) is 0 Å². The van der Waals surface area contributed by atoms with Crippen molar-refractivity contribution in [3.8, 4) is 0 Å². The standard InChI is InChI=1S/C72H125N19O30/c1-43(97)74-56-64(105)60(101)52(39-93)118-69(56)114-27-23-110-19-14-88-35-47(78-82-88)31-86(32-48-36-89(83-79-48)15-20-111-24-28-115-70-57(75-44(2)98)65(106)61(102)53(40-94)119-70)13-9-7-11-51(68(109)73-12-8-5-6-10-18-92)87(33-49-37-90(84-80-49)16-21-112-25-29-116-71-58(76-45(3)99)66(107)62(103)54(41-95)120-71)34-50-38-91(85-81-50)17-22-113-26-30-117-72-59(77-46(4)100)67(108)63(104)55(42-96)121-72/h35-38,51-67,69-72,78,82,92-96,101-108H,5-34,39-42H2,1-4H3,(H,73,109)(H,74,97)(H,75,98)(H,76,99)(H,77,100)/t51-,52+,53+,54+,55+,56+,57+,58+,59+,60-,61-,62-,63-,64+,65+,66+,67+,69+,70+,71+,72+/m0/s1. The van der Waals surface area contributed by atoms with E-state index in [1.54, 1.807) is 37.6 Å². The van der Waals surface area contributed by atoms with Crippen molar-refractivity contribution in [2.45, 2.75) is 241 Å². The molecule has 0 aromatic carbocycles. The molecule has 5 aliphatic rings. The molecule has 8 rings (SSSR count). The lowest BCUT2D eigenvalue weighted by atomic mass is 9.97. The van der Waals surface area contributed by atoms with Gasteiger partial charge in [0.15, 0.2) is 25.2 Å². The molecule has 49 nitrogen and oxygen atoms in total. The number of aliphatic hydroxyl groups excluding tert-OH is 13. The second-order valence-corrected chi connectivity index (χ2v) is 29.7. The van der Waals surface area contributed by atoms with Crippen molar-refractivity contribution < 1.29 is 147 Å². The summed E-state index contributed by atoms with van der Waals surface area (Å²) >= 11 is 0. The summed E-state index contributed by atoms with van der Waals surface area (Å²) < 4.78 is 74.0. The molecule has 5 amide bonds. The van der Waals surface area contributed by atoms with Gasteiger partial charge in [-0.1, -0.05) is 34.9 Å². The number of aromatic nitrogens is 9. The molecule has 4 saturated heterocycles. The Morgan fingerprint density at radius 1 is 0.438 bits per heavy atom. The summed E-state index contributed by atoms with van der Waals surface area (Å²) in [4.78, 5) is 66.9. The topological polar surface area (TPSA) is 645 Å². The molecule has 21 atom stereocenters. The molecule has 0 aliphatic carbocycles. The number of nitrogens with one attached hydrogen (secondary N) is 7. The Morgan fingerprint density at radius 3 is 1.15 bits per heavy atom. The van der Waals surface area contributed by atoms with Crippen LogP contribution in [0.5, 0.6) is 0 Å². The molecule has 4 fully saturated rings. The monoisotopic (exact) mass is 1740 g/mol. The SMILES string of the molecule is CC(=O)N[C@H]1[C@H](OCCOCCN2C=C(CN(CCCC[C@@H](C(=O)NCCCCCCO)N(Cc3cn(CCOCCO[C@@H]4O[C@H](CO)[C@H](O)[C@H](O)[C@H]4NC(C)=O)nn3)Cc3cn(CCOCCO[C@@H]4O[C@H](CO)[C@H](O)[C@H](O)[C@H]4NC(C)=O)nn3)Cc3cn(CCOCCO[C@@H]4O[C@H](CO)[C@H](O)[C@H](O)[C@H]4NC(C)=O)nn3)NN2)O[C@H](CO)[C@H](O)[C@@H]1O. The van der Waals surface area contributed by atoms with Gasteiger partial charge in [-0.05, 0) is 32.2 Å². The third kappa shape index (κ3) is 32.2. The number of unbranched alkanes of at least 4 members (excludes halogenated alkanes) is 4. The first-order chi connectivity index (χ1) is 58.3. The number of carbonyl (C=O) groups excluding carboxylic acids is 5. The van der Waals surface area contributed by atoms with E-state index in [1.165, 1.54) is 27.7 Å². The Labute approximate surface area is 698 Å². The van der Waals surface area contributed by atoms with Gasteiger partial charge in [-0.2, -0.15) is 0 Å². The Kier molecular flexibility index (Phi) is 43.3. The molecule has 688 valence electrons. The first-order valence-corrected chi connectivity index (χ1v) is 40.7. The van der Waals surface area contributed by atoms with Crippen LogP contribution in [0.4, 0.5) is 0 Å². The summed E-state index contributed by atoms with van der Waals surface area (Å²) in [5.74, 6) is -2.27. The van der Waals surface area contributed by atoms with Gasteiger partial charge in [0.25, 0.3) is 0 Å². The summed E-state index contributed by atoms with van der Waals surface area (Å²) in [6.07, 6.45) is -10.1. The molecule has 3 aromatic rings. The Bertz CT molecular complexity index is 3430. The molecule has 121 heavy (non-hydrogen) atoms. The molecule has 3 aromatic heterocycles. The molecule has 49 heteroatoms. The van der Waals surface area contributed by atoms with Crippen LogP contribution in [0.25, 0.3) is 0 Å². The number of ether oxygens (including phenoxy) is 12. The molecule has 0 radical (unpaired) electrons. The zero-order valence-electron chi connectivity index (χ0n) is 68.6. The lowest BCUT2D eigenvalue weighted by molar-refractivity contribution is -0.272. The first kappa shape index (κ1) is 99.4. The number of carbonyl (C=O) groups is 5. The minimum Gasteiger partial charge on any atom is -0.396 e. The number of hydrazine groups is 2. The van der Waals surface area contributed by atoms with Crippen molar-refractivity contribution in [2.75, 3.05) is 138 Å². The molecule has 0 saturated carbocycles. The highest BCUT2D eigenvalue weighted by Crippen LogP contribution is 2.28. The van der Waals surface area contributed by atoms with Crippen LogP contribution >= 0.6 is 0 Å². The van der Waals surface area contributed by atoms with Crippen LogP contribution in [-0.2, 0) is 120 Å². The molecule has 8 heterocycles. The molecule has 5 aliphatic heterocycles. The van der Waals surface area contributed by atoms with E-state index in [4.69, 9.17) is 56.8 Å². The quantitative estimate of drug-likeness (QED) is 0.0233. The zero-order chi connectivity index (χ0) is 87.3. The largest absolute Gasteiger partial charge is 0.396 e. The first-order valence-electron chi connectivity index (χ1n) is 40.7. The highest BCUT2D eigenvalue weighted by atomic mass is 16.7. The van der Waals surface area contributed by atoms with Crippen LogP contribution in [0.2, 0.25) is 0 Å². The van der Waals surface area contributed by atoms with Gasteiger partial charge in [-0.25, -0.2) is 14.0 Å². The Hall–Kier alpha value is -7.01. The summed E-state index contributed by atoms with van der Waals surface area (Å²) in [6.45, 7) is 5.88. The average molecular weight is 1740 g/mol. The number of aliphatic hydroxyl groups is 13. The summed E-state index contributed by atoms with van der Waals surface area (Å²) in [7, 11) is 0. The summed E-state index contributed by atoms with van der Waals surface area (Å²) in [5, 5.41) is 175. The highest BCUT2D eigenvalue weighted by Gasteiger charge is 2.49. The fourth-order valence-electron chi connectivity index (χ4n) is 14.0. The number of amides is 5. The van der Waals surface area contributed by atoms with Gasteiger partial charge < -0.3 is 155 Å². The maximum atomic E-state index is 14.9. The van der Waals surface area contributed by atoms with E-state index in [0.717, 1.165) is 18.5 Å². The zero-order valence-corrected chi connectivity index (χ0v) is 68.6. The van der Waals surface area contributed by atoms with Gasteiger partial charge in [0.1, 0.15) is 97.4 Å². The fourth-order valence-corrected chi connectivity index (χ4v) is 14.0. The minimum atomic E-state index is -1.50. The van der Waals surface area contributed by atoms with Crippen LogP contribution in [-0.4, -0.2) is 423 Å². The lowest BCUT2D eigenvalue weighted by Gasteiger charge is -2.42. The van der Waals surface area contributed by atoms with Crippen LogP contribution in [0.15, 0.2) is 30.5 Å². The van der Waals surface area contributed by atoms with Crippen molar-refractivity contribution in [3.05, 3.63) is 47.6 Å². The third-order valence-electron chi connectivity index (χ3n) is 20.2. The van der Waals surface area contributed by atoms with E-state index >= 15 is 0 Å². The second-order valence-electron chi connectivity index (χ2n) is 29.7. The van der Waals surface area contributed by atoms with Gasteiger partial charge in [-0.15, -0.1) is 20.8 Å². The van der Waals surface area contributed by atoms with E-state index < -0.39 is 179 Å². The van der Waals surface area contributed by atoms with Gasteiger partial charge in [-0.3, -0.25) is 38.8 Å². The maximum absolute atomic E-state index is 14.9. The van der Waals surface area contributed by atoms with Crippen molar-refractivity contribution in [1.29, 1.82) is 0 Å². The van der Waals surface area contributed by atoms with Crippen LogP contribution < -0.4 is 37.5 Å². The van der Waals surface area contributed by atoms with Gasteiger partial charge in [0.05, 0.1) is 161 Å². The smallest absolute Gasteiger partial charge is 0.237 e. The van der Waals surface area contributed by atoms with E-state index in [1.807, 2.05) is 11.1 Å². The average Bonchev–Trinajstić information content (AvgIpc) is 1.26. The van der Waals surface area contributed by atoms with Crippen molar-refractivity contribution in [2.24, 2.45) is 0 Å². The highest BCUT2D eigenvalue weighted by molar-refractivity contribution is 5.81. The number of hydrogen-bond acceptors (Lipinski definition) is 41. The molecule has 20 N–H and O–H groups in total. The number of rotatable bonds is 57. The molecular formula is C72H125N19O30. The van der Waals surface area contributed by atoms with Gasteiger partial charge in [0.2, 0.25) is 29.5 Å². The number of hydrogen-bond donors (Lipinski definition) is 20. The Morgan fingerprint density at radius 2 is 0.793 bits per heavy atom. The minimum absolute atomic E-state index is 0.0281. The van der Waals surface area contributed by atoms with Crippen LogP contribution in [0.3, 0.4) is 0 Å². The maximum Gasteiger partial charge on any atom is 0.237 e. The normalized spacial score (nSPS) is 27.8. The predicted molar refractivity (Wildman–Crippen MR) is 410 cm³/mol. The van der Waals surface area contributed by atoms with E-state index in [2.05, 4.69) is 73.4 Å².